The van der Waals surface area contributed by atoms with Crippen LogP contribution in [0.4, 0.5) is 5.69 Å². The van der Waals surface area contributed by atoms with E-state index in [2.05, 4.69) is 16.1 Å². The molecule has 0 fully saturated rings. The van der Waals surface area contributed by atoms with Crippen LogP contribution in [0.2, 0.25) is 0 Å². The number of aryl methyl sites for hydroxylation is 2. The van der Waals surface area contributed by atoms with Gasteiger partial charge in [-0.05, 0) is 60.7 Å². The molecule has 1 amide bonds. The number of rotatable bonds is 3. The molecule has 2 aromatic carbocycles. The number of anilines is 1. The molecule has 4 heteroatoms. The van der Waals surface area contributed by atoms with Gasteiger partial charge in [-0.2, -0.15) is 0 Å². The van der Waals surface area contributed by atoms with Crippen LogP contribution in [-0.2, 0) is 17.6 Å². The number of nitrogens with one attached hydrogen (secondary N) is 1. The highest BCUT2D eigenvalue weighted by Gasteiger charge is 2.14. The maximum atomic E-state index is 12.3. The van der Waals surface area contributed by atoms with Crippen molar-refractivity contribution in [3.05, 3.63) is 64.7 Å². The summed E-state index contributed by atoms with van der Waals surface area (Å²) >= 11 is 0. The molecule has 4 nitrogen and oxygen atoms in total. The third-order valence-electron chi connectivity index (χ3n) is 3.90. The van der Waals surface area contributed by atoms with E-state index in [1.54, 1.807) is 18.2 Å². The molecule has 2 aromatic rings. The number of amides is 1. The summed E-state index contributed by atoms with van der Waals surface area (Å²) in [5.74, 6) is -0.684. The summed E-state index contributed by atoms with van der Waals surface area (Å²) in [6, 6.07) is 12.5. The molecule has 3 rings (SSSR count). The lowest BCUT2D eigenvalue weighted by Crippen LogP contribution is -2.13. The Bertz CT molecular complexity index is 737. The number of esters is 1. The maximum absolute atomic E-state index is 12.3. The van der Waals surface area contributed by atoms with Gasteiger partial charge in [-0.3, -0.25) is 4.79 Å². The molecule has 0 saturated heterocycles. The van der Waals surface area contributed by atoms with E-state index in [1.807, 2.05) is 12.1 Å². The number of carbonyl (C=O) groups excluding carboxylic acids is 2. The van der Waals surface area contributed by atoms with Gasteiger partial charge in [0.15, 0.2) is 0 Å². The summed E-state index contributed by atoms with van der Waals surface area (Å²) in [7, 11) is 1.32. The summed E-state index contributed by atoms with van der Waals surface area (Å²) in [6.07, 6.45) is 3.36. The molecule has 0 unspecified atom stereocenters. The number of hydrogen-bond acceptors (Lipinski definition) is 3. The van der Waals surface area contributed by atoms with E-state index in [9.17, 15) is 9.59 Å². The number of ether oxygens (including phenoxy) is 1. The minimum Gasteiger partial charge on any atom is -0.465 e. The first-order valence-corrected chi connectivity index (χ1v) is 7.29. The minimum absolute atomic E-state index is 0.233. The Morgan fingerprint density at radius 2 is 1.77 bits per heavy atom. The normalized spacial score (nSPS) is 12.6. The van der Waals surface area contributed by atoms with E-state index in [0.717, 1.165) is 18.5 Å². The Labute approximate surface area is 129 Å². The molecule has 0 spiro atoms. The van der Waals surface area contributed by atoms with Crippen LogP contribution in [0, 0.1) is 0 Å². The lowest BCUT2D eigenvalue weighted by Gasteiger charge is -2.08. The predicted octanol–water partition coefficient (Wildman–Crippen LogP) is 3.21. The molecule has 0 radical (unpaired) electrons. The first-order valence-electron chi connectivity index (χ1n) is 7.29. The molecule has 0 atom stereocenters. The third kappa shape index (κ3) is 2.86. The van der Waals surface area contributed by atoms with E-state index in [1.165, 1.54) is 30.7 Å². The number of benzene rings is 2. The first kappa shape index (κ1) is 14.3. The van der Waals surface area contributed by atoms with E-state index in [-0.39, 0.29) is 5.91 Å². The fourth-order valence-corrected chi connectivity index (χ4v) is 2.76. The van der Waals surface area contributed by atoms with Crippen LogP contribution in [0.15, 0.2) is 42.5 Å². The fourth-order valence-electron chi connectivity index (χ4n) is 2.76. The van der Waals surface area contributed by atoms with E-state index in [0.29, 0.717) is 11.1 Å². The van der Waals surface area contributed by atoms with Crippen LogP contribution in [-0.4, -0.2) is 19.0 Å². The lowest BCUT2D eigenvalue weighted by atomic mass is 10.1. The lowest BCUT2D eigenvalue weighted by molar-refractivity contribution is 0.0600. The molecule has 1 N–H and O–H groups in total. The Kier molecular flexibility index (Phi) is 3.92. The molecule has 0 aliphatic heterocycles. The quantitative estimate of drug-likeness (QED) is 0.885. The summed E-state index contributed by atoms with van der Waals surface area (Å²) in [5, 5.41) is 2.88. The van der Waals surface area contributed by atoms with Gasteiger partial charge in [0.25, 0.3) is 5.91 Å². The largest absolute Gasteiger partial charge is 0.465 e. The molecule has 0 aromatic heterocycles. The molecule has 0 saturated carbocycles. The second-order valence-electron chi connectivity index (χ2n) is 5.36. The van der Waals surface area contributed by atoms with Gasteiger partial charge in [-0.25, -0.2) is 4.79 Å². The van der Waals surface area contributed by atoms with Crippen LogP contribution >= 0.6 is 0 Å². The van der Waals surface area contributed by atoms with E-state index >= 15 is 0 Å². The molecular weight excluding hydrogens is 278 g/mol. The van der Waals surface area contributed by atoms with Crippen LogP contribution in [0.3, 0.4) is 0 Å². The average molecular weight is 295 g/mol. The molecule has 0 heterocycles. The Hall–Kier alpha value is -2.62. The Balaban J connectivity index is 1.78. The summed E-state index contributed by atoms with van der Waals surface area (Å²) in [4.78, 5) is 23.8. The zero-order chi connectivity index (χ0) is 15.5. The van der Waals surface area contributed by atoms with Crippen LogP contribution in [0.5, 0.6) is 0 Å². The number of fused-ring (bicyclic) bond motifs is 1. The van der Waals surface area contributed by atoms with Gasteiger partial charge in [0.2, 0.25) is 0 Å². The highest BCUT2D eigenvalue weighted by atomic mass is 16.5. The van der Waals surface area contributed by atoms with Crippen LogP contribution in [0.25, 0.3) is 0 Å². The van der Waals surface area contributed by atoms with Gasteiger partial charge in [0.05, 0.1) is 12.7 Å². The van der Waals surface area contributed by atoms with E-state index in [4.69, 9.17) is 0 Å². The second-order valence-corrected chi connectivity index (χ2v) is 5.36. The second kappa shape index (κ2) is 6.02. The zero-order valence-electron chi connectivity index (χ0n) is 12.4. The van der Waals surface area contributed by atoms with Gasteiger partial charge in [0, 0.05) is 11.3 Å². The molecule has 1 aliphatic carbocycles. The van der Waals surface area contributed by atoms with Gasteiger partial charge >= 0.3 is 5.97 Å². The van der Waals surface area contributed by atoms with Gasteiger partial charge in [-0.15, -0.1) is 0 Å². The Morgan fingerprint density at radius 1 is 1.00 bits per heavy atom. The van der Waals surface area contributed by atoms with Crippen molar-refractivity contribution in [3.8, 4) is 0 Å². The average Bonchev–Trinajstić information content (AvgIpc) is 3.02. The predicted molar refractivity (Wildman–Crippen MR) is 84.2 cm³/mol. The molecule has 112 valence electrons. The maximum Gasteiger partial charge on any atom is 0.337 e. The monoisotopic (exact) mass is 295 g/mol. The zero-order valence-corrected chi connectivity index (χ0v) is 12.4. The third-order valence-corrected chi connectivity index (χ3v) is 3.90. The van der Waals surface area contributed by atoms with Gasteiger partial charge in [-0.1, -0.05) is 12.1 Å². The highest BCUT2D eigenvalue weighted by molar-refractivity contribution is 6.05. The van der Waals surface area contributed by atoms with Gasteiger partial charge < -0.3 is 10.1 Å². The summed E-state index contributed by atoms with van der Waals surface area (Å²) in [6.45, 7) is 0. The van der Waals surface area contributed by atoms with Crippen molar-refractivity contribution in [1.82, 2.24) is 0 Å². The van der Waals surface area contributed by atoms with Crippen molar-refractivity contribution in [2.24, 2.45) is 0 Å². The molecule has 22 heavy (non-hydrogen) atoms. The molecule has 0 bridgehead atoms. The fraction of sp³-hybridized carbons (Fsp3) is 0.222. The molecular formula is C18H17NO3. The number of methoxy groups -OCH3 is 1. The van der Waals surface area contributed by atoms with Gasteiger partial charge in [0.1, 0.15) is 0 Å². The smallest absolute Gasteiger partial charge is 0.337 e. The standard InChI is InChI=1S/C18H17NO3/c1-22-18(21)15-7-3-6-14(10-15)17(20)19-16-9-8-12-4-2-5-13(12)11-16/h3,6-11H,2,4-5H2,1H3,(H,19,20). The van der Waals surface area contributed by atoms with Crippen molar-refractivity contribution in [3.63, 3.8) is 0 Å². The first-order chi connectivity index (χ1) is 10.7. The number of hydrogen-bond donors (Lipinski definition) is 1. The van der Waals surface area contributed by atoms with Crippen molar-refractivity contribution in [1.29, 1.82) is 0 Å². The Morgan fingerprint density at radius 3 is 2.59 bits per heavy atom. The summed E-state index contributed by atoms with van der Waals surface area (Å²) in [5.41, 5.74) is 4.26. The topological polar surface area (TPSA) is 55.4 Å². The summed E-state index contributed by atoms with van der Waals surface area (Å²) < 4.78 is 4.67. The highest BCUT2D eigenvalue weighted by Crippen LogP contribution is 2.25. The van der Waals surface area contributed by atoms with Crippen molar-refractivity contribution < 1.29 is 14.3 Å². The SMILES string of the molecule is COC(=O)c1cccc(C(=O)Nc2ccc3c(c2)CCC3)c1. The van der Waals surface area contributed by atoms with Crippen LogP contribution in [0.1, 0.15) is 38.3 Å². The van der Waals surface area contributed by atoms with Crippen molar-refractivity contribution in [2.75, 3.05) is 12.4 Å². The number of carbonyl (C=O) groups is 2. The van der Waals surface area contributed by atoms with Crippen molar-refractivity contribution >= 4 is 17.6 Å². The minimum atomic E-state index is -0.452. The van der Waals surface area contributed by atoms with Crippen molar-refractivity contribution in [2.45, 2.75) is 19.3 Å². The van der Waals surface area contributed by atoms with Crippen LogP contribution < -0.4 is 5.32 Å². The molecule has 1 aliphatic rings. The van der Waals surface area contributed by atoms with E-state index < -0.39 is 5.97 Å².